The normalized spacial score (nSPS) is 40.7. The van der Waals surface area contributed by atoms with Crippen LogP contribution >= 0.6 is 0 Å². The topological polar surface area (TPSA) is 116 Å². The van der Waals surface area contributed by atoms with Crippen molar-refractivity contribution in [2.75, 3.05) is 0 Å². The molecular formula is C31H52N2O4. The fourth-order valence-electron chi connectivity index (χ4n) is 9.40. The fourth-order valence-corrected chi connectivity index (χ4v) is 9.40. The molecular weight excluding hydrogens is 464 g/mol. The summed E-state index contributed by atoms with van der Waals surface area (Å²) in [6.07, 6.45) is 12.3. The van der Waals surface area contributed by atoms with Gasteiger partial charge >= 0.3 is 5.97 Å². The average molecular weight is 517 g/mol. The molecule has 0 aromatic carbocycles. The van der Waals surface area contributed by atoms with Crippen LogP contribution in [-0.4, -0.2) is 35.2 Å². The van der Waals surface area contributed by atoms with Crippen molar-refractivity contribution in [2.24, 2.45) is 57.8 Å². The third kappa shape index (κ3) is 5.39. The molecule has 3 saturated carbocycles. The van der Waals surface area contributed by atoms with E-state index in [1.807, 2.05) is 0 Å². The molecule has 1 amide bonds. The van der Waals surface area contributed by atoms with E-state index in [2.05, 4.69) is 40.7 Å². The number of amides is 1. The highest BCUT2D eigenvalue weighted by Crippen LogP contribution is 2.67. The van der Waals surface area contributed by atoms with Crippen LogP contribution in [0, 0.1) is 46.3 Å². The summed E-state index contributed by atoms with van der Waals surface area (Å²) in [5.74, 6) is 2.84. The van der Waals surface area contributed by atoms with Gasteiger partial charge in [-0.3, -0.25) is 9.59 Å². The number of ether oxygens (including phenoxy) is 1. The van der Waals surface area contributed by atoms with Crippen LogP contribution in [0.1, 0.15) is 105 Å². The van der Waals surface area contributed by atoms with Crippen LogP contribution in [0.4, 0.5) is 0 Å². The minimum absolute atomic E-state index is 0.225. The quantitative estimate of drug-likeness (QED) is 0.291. The maximum atomic E-state index is 12.9. The Balaban J connectivity index is 1.54. The van der Waals surface area contributed by atoms with Crippen molar-refractivity contribution in [1.82, 2.24) is 0 Å². The smallest absolute Gasteiger partial charge is 0.323 e. The van der Waals surface area contributed by atoms with E-state index in [1.165, 1.54) is 44.1 Å². The molecule has 0 aromatic rings. The highest BCUT2D eigenvalue weighted by molar-refractivity contribution is 5.84. The van der Waals surface area contributed by atoms with Gasteiger partial charge in [0.05, 0.1) is 12.5 Å². The Morgan fingerprint density at radius 3 is 2.54 bits per heavy atom. The number of aliphatic hydroxyl groups is 1. The SMILES string of the molecule is CC(C)CCC[C@@H](C)[C@H]1CC[C@H]2[C@@H]3CC=C4C[C@@H](O)CC(OC(=O)[C@@H](N)CC(N)=O)[C@]4(C)[C@H]3CC[C@]12C. The largest absolute Gasteiger partial charge is 0.460 e. The van der Waals surface area contributed by atoms with Crippen molar-refractivity contribution in [3.05, 3.63) is 11.6 Å². The lowest BCUT2D eigenvalue weighted by Gasteiger charge is -2.60. The molecule has 1 unspecified atom stereocenters. The third-order valence-electron chi connectivity index (χ3n) is 11.3. The maximum Gasteiger partial charge on any atom is 0.323 e. The van der Waals surface area contributed by atoms with Gasteiger partial charge < -0.3 is 21.3 Å². The number of aliphatic hydroxyl groups excluding tert-OH is 1. The second-order valence-corrected chi connectivity index (χ2v) is 14.0. The van der Waals surface area contributed by atoms with Crippen molar-refractivity contribution in [3.63, 3.8) is 0 Å². The molecule has 4 aliphatic carbocycles. The lowest BCUT2D eigenvalue weighted by Crippen LogP contribution is -2.57. The monoisotopic (exact) mass is 516 g/mol. The Morgan fingerprint density at radius 1 is 1.14 bits per heavy atom. The highest BCUT2D eigenvalue weighted by atomic mass is 16.5. The maximum absolute atomic E-state index is 12.9. The molecule has 0 bridgehead atoms. The predicted molar refractivity (Wildman–Crippen MR) is 146 cm³/mol. The van der Waals surface area contributed by atoms with Crippen LogP contribution < -0.4 is 11.5 Å². The molecule has 3 fully saturated rings. The zero-order chi connectivity index (χ0) is 27.1. The first-order valence-electron chi connectivity index (χ1n) is 15.0. The molecule has 210 valence electrons. The van der Waals surface area contributed by atoms with Crippen molar-refractivity contribution >= 4 is 11.9 Å². The summed E-state index contributed by atoms with van der Waals surface area (Å²) in [5.41, 5.74) is 12.5. The summed E-state index contributed by atoms with van der Waals surface area (Å²) in [4.78, 5) is 24.2. The number of hydrogen-bond acceptors (Lipinski definition) is 5. The van der Waals surface area contributed by atoms with Gasteiger partial charge in [0.25, 0.3) is 0 Å². The van der Waals surface area contributed by atoms with Crippen LogP contribution in [0.2, 0.25) is 0 Å². The molecule has 0 aromatic heterocycles. The van der Waals surface area contributed by atoms with Gasteiger partial charge in [0.1, 0.15) is 12.1 Å². The van der Waals surface area contributed by atoms with Gasteiger partial charge in [-0.05, 0) is 79.4 Å². The molecule has 4 rings (SSSR count). The Kier molecular flexibility index (Phi) is 8.50. The first-order valence-corrected chi connectivity index (χ1v) is 15.0. The molecule has 5 N–H and O–H groups in total. The number of nitrogens with two attached hydrogens (primary N) is 2. The van der Waals surface area contributed by atoms with E-state index in [-0.39, 0.29) is 11.8 Å². The van der Waals surface area contributed by atoms with Gasteiger partial charge in [0, 0.05) is 11.8 Å². The molecule has 0 heterocycles. The van der Waals surface area contributed by atoms with Gasteiger partial charge in [0.15, 0.2) is 0 Å². The fraction of sp³-hybridized carbons (Fsp3) is 0.871. The molecule has 0 aliphatic heterocycles. The van der Waals surface area contributed by atoms with Crippen molar-refractivity contribution in [3.8, 4) is 0 Å². The number of carbonyl (C=O) groups excluding carboxylic acids is 2. The lowest BCUT2D eigenvalue weighted by atomic mass is 9.46. The third-order valence-corrected chi connectivity index (χ3v) is 11.3. The van der Waals surface area contributed by atoms with Crippen LogP contribution in [0.25, 0.3) is 0 Å². The Morgan fingerprint density at radius 2 is 1.86 bits per heavy atom. The van der Waals surface area contributed by atoms with Crippen molar-refractivity contribution in [1.29, 1.82) is 0 Å². The summed E-state index contributed by atoms with van der Waals surface area (Å²) in [5, 5.41) is 10.7. The van der Waals surface area contributed by atoms with Crippen LogP contribution in [-0.2, 0) is 14.3 Å². The van der Waals surface area contributed by atoms with Gasteiger partial charge in [-0.15, -0.1) is 0 Å². The van der Waals surface area contributed by atoms with Gasteiger partial charge in [-0.2, -0.15) is 0 Å². The van der Waals surface area contributed by atoms with Crippen LogP contribution in [0.15, 0.2) is 11.6 Å². The number of fused-ring (bicyclic) bond motifs is 5. The molecule has 6 nitrogen and oxygen atoms in total. The summed E-state index contributed by atoms with van der Waals surface area (Å²) in [6.45, 7) is 12.0. The van der Waals surface area contributed by atoms with Gasteiger partial charge in [0.2, 0.25) is 5.91 Å². The zero-order valence-corrected chi connectivity index (χ0v) is 23.9. The van der Waals surface area contributed by atoms with E-state index in [9.17, 15) is 14.7 Å². The zero-order valence-electron chi connectivity index (χ0n) is 23.9. The molecule has 4 aliphatic rings. The average Bonchev–Trinajstić information content (AvgIpc) is 3.16. The lowest BCUT2D eigenvalue weighted by molar-refractivity contribution is -0.171. The van der Waals surface area contributed by atoms with E-state index >= 15 is 0 Å². The second-order valence-electron chi connectivity index (χ2n) is 14.0. The van der Waals surface area contributed by atoms with E-state index in [0.717, 1.165) is 30.6 Å². The van der Waals surface area contributed by atoms with E-state index in [4.69, 9.17) is 16.2 Å². The van der Waals surface area contributed by atoms with Crippen molar-refractivity contribution in [2.45, 2.75) is 123 Å². The number of allylic oxidation sites excluding steroid dienone is 1. The second kappa shape index (κ2) is 11.0. The summed E-state index contributed by atoms with van der Waals surface area (Å²) in [7, 11) is 0. The number of rotatable bonds is 9. The standard InChI is InChI=1S/C31H52N2O4/c1-18(2)7-6-8-19(3)23-11-12-24-22-10-9-20-15-21(34)16-27(37-29(36)26(32)17-28(33)35)31(20,5)25(22)13-14-30(23,24)4/h9,18-19,21-27,34H,6-8,10-17,32H2,1-5H3,(H2,33,35)/t19-,21-,22+,23-,24+,25+,26+,27?,30-,31+/m1/s1. The molecule has 0 radical (unpaired) electrons. The van der Waals surface area contributed by atoms with E-state index in [1.54, 1.807) is 0 Å². The summed E-state index contributed by atoms with van der Waals surface area (Å²) >= 11 is 0. The van der Waals surface area contributed by atoms with E-state index in [0.29, 0.717) is 36.0 Å². The molecule has 0 saturated heterocycles. The minimum atomic E-state index is -1.06. The molecule has 10 atom stereocenters. The van der Waals surface area contributed by atoms with Gasteiger partial charge in [-0.25, -0.2) is 0 Å². The first-order chi connectivity index (χ1) is 17.4. The summed E-state index contributed by atoms with van der Waals surface area (Å²) < 4.78 is 6.03. The molecule has 0 spiro atoms. The van der Waals surface area contributed by atoms with Crippen molar-refractivity contribution < 1.29 is 19.4 Å². The number of carbonyl (C=O) groups is 2. The molecule has 37 heavy (non-hydrogen) atoms. The Labute approximate surface area is 224 Å². The van der Waals surface area contributed by atoms with E-state index < -0.39 is 30.1 Å². The number of hydrogen-bond donors (Lipinski definition) is 3. The van der Waals surface area contributed by atoms with Crippen LogP contribution in [0.5, 0.6) is 0 Å². The summed E-state index contributed by atoms with van der Waals surface area (Å²) in [6, 6.07) is -1.06. The van der Waals surface area contributed by atoms with Gasteiger partial charge in [-0.1, -0.05) is 65.5 Å². The van der Waals surface area contributed by atoms with Crippen LogP contribution in [0.3, 0.4) is 0 Å². The minimum Gasteiger partial charge on any atom is -0.460 e. The predicted octanol–water partition coefficient (Wildman–Crippen LogP) is 5.11. The Hall–Kier alpha value is -1.40. The number of primary amides is 1. The number of esters is 1. The highest BCUT2D eigenvalue weighted by Gasteiger charge is 2.61. The first kappa shape index (κ1) is 28.6. The molecule has 6 heteroatoms. The Bertz CT molecular complexity index is 886.